The number of carbonyl (C=O) groups is 1. The van der Waals surface area contributed by atoms with Gasteiger partial charge in [0.05, 0.1) is 17.0 Å². The highest BCUT2D eigenvalue weighted by atomic mass is 32.1. The van der Waals surface area contributed by atoms with Crippen LogP contribution in [0.3, 0.4) is 0 Å². The van der Waals surface area contributed by atoms with Gasteiger partial charge in [-0.25, -0.2) is 4.98 Å². The van der Waals surface area contributed by atoms with Crippen LogP contribution >= 0.6 is 11.3 Å². The summed E-state index contributed by atoms with van der Waals surface area (Å²) >= 11 is 1.40. The SMILES string of the molecule is CCCNC(=O)c1sc(NCCCn2ccnc2)cc1N. The van der Waals surface area contributed by atoms with Gasteiger partial charge in [-0.1, -0.05) is 6.92 Å². The van der Waals surface area contributed by atoms with Crippen molar-refractivity contribution >= 4 is 27.9 Å². The van der Waals surface area contributed by atoms with Crippen molar-refractivity contribution in [1.29, 1.82) is 0 Å². The lowest BCUT2D eigenvalue weighted by molar-refractivity contribution is 0.0958. The molecule has 0 aliphatic heterocycles. The third-order valence-electron chi connectivity index (χ3n) is 2.95. The zero-order valence-electron chi connectivity index (χ0n) is 12.1. The van der Waals surface area contributed by atoms with Crippen molar-refractivity contribution in [3.63, 3.8) is 0 Å². The van der Waals surface area contributed by atoms with Crippen LogP contribution < -0.4 is 16.4 Å². The molecule has 4 N–H and O–H groups in total. The fraction of sp³-hybridized carbons (Fsp3) is 0.429. The van der Waals surface area contributed by atoms with Crippen LogP contribution in [0.25, 0.3) is 0 Å². The molecule has 0 radical (unpaired) electrons. The van der Waals surface area contributed by atoms with Crippen molar-refractivity contribution in [3.05, 3.63) is 29.7 Å². The molecule has 0 unspecified atom stereocenters. The molecule has 0 saturated carbocycles. The molecule has 7 heteroatoms. The third-order valence-corrected chi connectivity index (χ3v) is 4.06. The quantitative estimate of drug-likeness (QED) is 0.653. The molecule has 0 bridgehead atoms. The van der Waals surface area contributed by atoms with Crippen LogP contribution in [-0.2, 0) is 6.54 Å². The topological polar surface area (TPSA) is 85.0 Å². The summed E-state index contributed by atoms with van der Waals surface area (Å²) in [4.78, 5) is 16.5. The van der Waals surface area contributed by atoms with E-state index in [2.05, 4.69) is 15.6 Å². The van der Waals surface area contributed by atoms with Gasteiger partial charge in [-0.3, -0.25) is 4.79 Å². The largest absolute Gasteiger partial charge is 0.397 e. The smallest absolute Gasteiger partial charge is 0.263 e. The summed E-state index contributed by atoms with van der Waals surface area (Å²) in [6.45, 7) is 4.43. The molecule has 0 spiro atoms. The molecule has 114 valence electrons. The zero-order valence-corrected chi connectivity index (χ0v) is 12.9. The monoisotopic (exact) mass is 307 g/mol. The average molecular weight is 307 g/mol. The van der Waals surface area contributed by atoms with Crippen molar-refractivity contribution in [2.75, 3.05) is 24.1 Å². The number of aromatic nitrogens is 2. The van der Waals surface area contributed by atoms with Crippen LogP contribution in [0, 0.1) is 0 Å². The first-order valence-corrected chi connectivity index (χ1v) is 7.89. The molecule has 2 rings (SSSR count). The van der Waals surface area contributed by atoms with Crippen LogP contribution in [0.5, 0.6) is 0 Å². The molecule has 1 amide bonds. The Kier molecular flexibility index (Phi) is 5.62. The van der Waals surface area contributed by atoms with Crippen LogP contribution in [0.2, 0.25) is 0 Å². The van der Waals surface area contributed by atoms with Gasteiger partial charge in [0.25, 0.3) is 5.91 Å². The summed E-state index contributed by atoms with van der Waals surface area (Å²) in [7, 11) is 0. The first kappa shape index (κ1) is 15.4. The number of nitrogen functional groups attached to an aromatic ring is 1. The average Bonchev–Trinajstić information content (AvgIpc) is 3.10. The number of nitrogens with two attached hydrogens (primary N) is 1. The highest BCUT2D eigenvalue weighted by Gasteiger charge is 2.13. The number of carbonyl (C=O) groups excluding carboxylic acids is 1. The number of nitrogens with one attached hydrogen (secondary N) is 2. The summed E-state index contributed by atoms with van der Waals surface area (Å²) < 4.78 is 2.04. The number of anilines is 2. The van der Waals surface area contributed by atoms with E-state index in [0.717, 1.165) is 30.9 Å². The first-order valence-electron chi connectivity index (χ1n) is 7.07. The molecule has 2 aromatic heterocycles. The van der Waals surface area contributed by atoms with Crippen molar-refractivity contribution in [3.8, 4) is 0 Å². The highest BCUT2D eigenvalue weighted by molar-refractivity contribution is 7.18. The van der Waals surface area contributed by atoms with Crippen molar-refractivity contribution in [2.24, 2.45) is 0 Å². The van der Waals surface area contributed by atoms with Crippen molar-refractivity contribution in [1.82, 2.24) is 14.9 Å². The molecule has 0 aliphatic rings. The number of amides is 1. The summed E-state index contributed by atoms with van der Waals surface area (Å²) in [5.74, 6) is -0.0918. The predicted octanol–water partition coefficient (Wildman–Crippen LogP) is 2.17. The lowest BCUT2D eigenvalue weighted by Gasteiger charge is -2.04. The van der Waals surface area contributed by atoms with E-state index in [4.69, 9.17) is 5.73 Å². The molecule has 0 atom stereocenters. The normalized spacial score (nSPS) is 10.5. The maximum Gasteiger partial charge on any atom is 0.263 e. The van der Waals surface area contributed by atoms with E-state index in [0.29, 0.717) is 17.1 Å². The molecule has 0 aromatic carbocycles. The second-order valence-electron chi connectivity index (χ2n) is 4.73. The number of imidazole rings is 1. The minimum absolute atomic E-state index is 0.0918. The summed E-state index contributed by atoms with van der Waals surface area (Å²) in [5.41, 5.74) is 6.43. The van der Waals surface area contributed by atoms with E-state index in [1.54, 1.807) is 12.5 Å². The summed E-state index contributed by atoms with van der Waals surface area (Å²) in [5, 5.41) is 7.08. The molecule has 2 aromatic rings. The molecule has 0 saturated heterocycles. The lowest BCUT2D eigenvalue weighted by Crippen LogP contribution is -2.23. The number of thiophene rings is 1. The number of hydrogen-bond acceptors (Lipinski definition) is 5. The molecular weight excluding hydrogens is 286 g/mol. The second kappa shape index (κ2) is 7.68. The lowest BCUT2D eigenvalue weighted by atomic mass is 10.3. The van der Waals surface area contributed by atoms with Crippen LogP contribution in [-0.4, -0.2) is 28.5 Å². The van der Waals surface area contributed by atoms with Gasteiger partial charge in [0.1, 0.15) is 4.88 Å². The van der Waals surface area contributed by atoms with Gasteiger partial charge in [-0.2, -0.15) is 0 Å². The Hall–Kier alpha value is -2.02. The Morgan fingerprint density at radius 2 is 2.33 bits per heavy atom. The van der Waals surface area contributed by atoms with Gasteiger partial charge in [0.15, 0.2) is 0 Å². The summed E-state index contributed by atoms with van der Waals surface area (Å²) in [6, 6.07) is 1.82. The van der Waals surface area contributed by atoms with E-state index in [9.17, 15) is 4.79 Å². The Morgan fingerprint density at radius 1 is 1.48 bits per heavy atom. The molecule has 0 aliphatic carbocycles. The first-order chi connectivity index (χ1) is 10.2. The maximum absolute atomic E-state index is 11.9. The Balaban J connectivity index is 1.80. The van der Waals surface area contributed by atoms with Gasteiger partial charge < -0.3 is 20.9 Å². The Labute approximate surface area is 128 Å². The molecule has 2 heterocycles. The second-order valence-corrected chi connectivity index (χ2v) is 5.78. The van der Waals surface area contributed by atoms with Gasteiger partial charge in [0, 0.05) is 32.0 Å². The van der Waals surface area contributed by atoms with E-state index in [-0.39, 0.29) is 5.91 Å². The van der Waals surface area contributed by atoms with Gasteiger partial charge in [0.2, 0.25) is 0 Å². The van der Waals surface area contributed by atoms with E-state index in [1.165, 1.54) is 11.3 Å². The number of aryl methyl sites for hydroxylation is 1. The standard InChI is InChI=1S/C14H21N5OS/c1-2-4-18-14(20)13-11(15)9-12(21-13)17-5-3-7-19-8-6-16-10-19/h6,8-10,17H,2-5,7,15H2,1H3,(H,18,20). The maximum atomic E-state index is 11.9. The van der Waals surface area contributed by atoms with E-state index >= 15 is 0 Å². The fourth-order valence-electron chi connectivity index (χ4n) is 1.88. The molecule has 0 fully saturated rings. The highest BCUT2D eigenvalue weighted by Crippen LogP contribution is 2.29. The van der Waals surface area contributed by atoms with Gasteiger partial charge >= 0.3 is 0 Å². The van der Waals surface area contributed by atoms with Crippen LogP contribution in [0.15, 0.2) is 24.8 Å². The van der Waals surface area contributed by atoms with Crippen LogP contribution in [0.4, 0.5) is 10.7 Å². The fourth-order valence-corrected chi connectivity index (χ4v) is 2.80. The number of rotatable bonds is 8. The number of hydrogen-bond donors (Lipinski definition) is 3. The Bertz CT molecular complexity index is 564. The van der Waals surface area contributed by atoms with E-state index in [1.807, 2.05) is 23.8 Å². The Morgan fingerprint density at radius 3 is 3.05 bits per heavy atom. The van der Waals surface area contributed by atoms with E-state index < -0.39 is 0 Å². The molecular formula is C14H21N5OS. The van der Waals surface area contributed by atoms with Crippen molar-refractivity contribution in [2.45, 2.75) is 26.3 Å². The minimum Gasteiger partial charge on any atom is -0.397 e. The summed E-state index contributed by atoms with van der Waals surface area (Å²) in [6.07, 6.45) is 7.41. The van der Waals surface area contributed by atoms with Crippen molar-refractivity contribution < 1.29 is 4.79 Å². The van der Waals surface area contributed by atoms with Gasteiger partial charge in [-0.05, 0) is 18.9 Å². The number of nitrogens with zero attached hydrogens (tertiary/aromatic N) is 2. The molecule has 21 heavy (non-hydrogen) atoms. The zero-order chi connectivity index (χ0) is 15.1. The minimum atomic E-state index is -0.0918. The van der Waals surface area contributed by atoms with Gasteiger partial charge in [-0.15, -0.1) is 11.3 Å². The molecule has 6 nitrogen and oxygen atoms in total. The van der Waals surface area contributed by atoms with Crippen LogP contribution in [0.1, 0.15) is 29.4 Å². The third kappa shape index (κ3) is 4.49. The predicted molar refractivity (Wildman–Crippen MR) is 86.7 cm³/mol.